The Hall–Kier alpha value is -2.71. The summed E-state index contributed by atoms with van der Waals surface area (Å²) < 4.78 is 18.3. The Bertz CT molecular complexity index is 891. The Morgan fingerprint density at radius 2 is 1.96 bits per heavy atom. The maximum Gasteiger partial charge on any atom is 0.340 e. The van der Waals surface area contributed by atoms with Crippen molar-refractivity contribution in [2.45, 2.75) is 13.0 Å². The molecule has 1 atom stereocenters. The van der Waals surface area contributed by atoms with Crippen LogP contribution in [-0.4, -0.2) is 22.9 Å². The predicted molar refractivity (Wildman–Crippen MR) is 93.0 cm³/mol. The quantitative estimate of drug-likeness (QED) is 0.460. The van der Waals surface area contributed by atoms with Gasteiger partial charge in [-0.1, -0.05) is 29.3 Å². The topological polar surface area (TPSA) is 98.5 Å². The van der Waals surface area contributed by atoms with E-state index in [0.717, 1.165) is 18.2 Å². The Balaban J connectivity index is 2.08. The van der Waals surface area contributed by atoms with Crippen molar-refractivity contribution in [1.82, 2.24) is 0 Å². The first-order valence-electron chi connectivity index (χ1n) is 7.10. The predicted octanol–water partition coefficient (Wildman–Crippen LogP) is 4.22. The molecule has 0 aliphatic carbocycles. The van der Waals surface area contributed by atoms with Crippen molar-refractivity contribution >= 4 is 46.5 Å². The highest BCUT2D eigenvalue weighted by Gasteiger charge is 2.22. The van der Waals surface area contributed by atoms with Gasteiger partial charge in [0, 0.05) is 11.8 Å². The number of rotatable bonds is 5. The van der Waals surface area contributed by atoms with E-state index in [-0.39, 0.29) is 21.3 Å². The molecule has 0 saturated heterocycles. The van der Waals surface area contributed by atoms with Crippen LogP contribution >= 0.6 is 23.2 Å². The molecule has 0 spiro atoms. The van der Waals surface area contributed by atoms with Gasteiger partial charge in [0.25, 0.3) is 5.91 Å². The van der Waals surface area contributed by atoms with Gasteiger partial charge in [0.1, 0.15) is 0 Å². The molecule has 136 valence electrons. The SMILES string of the molecule is C[C@H](OC(=O)c1cccc(Cl)c1Cl)C(=O)Nc1ccc(F)c([N+](=O)[O-])c1. The number of nitro benzene ring substituents is 1. The van der Waals surface area contributed by atoms with Crippen molar-refractivity contribution in [3.63, 3.8) is 0 Å². The number of hydrogen-bond donors (Lipinski definition) is 1. The molecule has 0 radical (unpaired) electrons. The number of anilines is 1. The van der Waals surface area contributed by atoms with Crippen molar-refractivity contribution in [3.8, 4) is 0 Å². The monoisotopic (exact) mass is 400 g/mol. The number of nitrogens with zero attached hydrogens (tertiary/aromatic N) is 1. The number of carbonyl (C=O) groups is 2. The summed E-state index contributed by atoms with van der Waals surface area (Å²) >= 11 is 11.7. The van der Waals surface area contributed by atoms with Gasteiger partial charge in [-0.15, -0.1) is 0 Å². The van der Waals surface area contributed by atoms with Gasteiger partial charge < -0.3 is 10.1 Å². The lowest BCUT2D eigenvalue weighted by molar-refractivity contribution is -0.387. The standard InChI is InChI=1S/C16H11Cl2FN2O5/c1-8(26-16(23)10-3-2-4-11(17)14(10)18)15(22)20-9-5-6-12(19)13(7-9)21(24)25/h2-8H,1H3,(H,20,22)/t8-/m0/s1. The summed E-state index contributed by atoms with van der Waals surface area (Å²) in [4.78, 5) is 34.0. The van der Waals surface area contributed by atoms with Crippen LogP contribution in [0.1, 0.15) is 17.3 Å². The van der Waals surface area contributed by atoms with Gasteiger partial charge in [-0.2, -0.15) is 4.39 Å². The van der Waals surface area contributed by atoms with E-state index in [0.29, 0.717) is 0 Å². The molecular formula is C16H11Cl2FN2O5. The molecule has 1 N–H and O–H groups in total. The minimum absolute atomic E-state index is 0.0130. The smallest absolute Gasteiger partial charge is 0.340 e. The normalized spacial score (nSPS) is 11.5. The zero-order chi connectivity index (χ0) is 19.4. The number of nitrogens with one attached hydrogen (secondary N) is 1. The highest BCUT2D eigenvalue weighted by atomic mass is 35.5. The molecule has 2 rings (SSSR count). The number of halogens is 3. The van der Waals surface area contributed by atoms with Crippen LogP contribution in [-0.2, 0) is 9.53 Å². The fraction of sp³-hybridized carbons (Fsp3) is 0.125. The number of benzene rings is 2. The van der Waals surface area contributed by atoms with E-state index >= 15 is 0 Å². The third-order valence-electron chi connectivity index (χ3n) is 3.23. The minimum Gasteiger partial charge on any atom is -0.449 e. The molecule has 0 heterocycles. The summed E-state index contributed by atoms with van der Waals surface area (Å²) in [6.07, 6.45) is -1.25. The van der Waals surface area contributed by atoms with Gasteiger partial charge in [0.15, 0.2) is 6.10 Å². The first kappa shape index (κ1) is 19.6. The Morgan fingerprint density at radius 3 is 2.62 bits per heavy atom. The lowest BCUT2D eigenvalue weighted by atomic mass is 10.2. The zero-order valence-electron chi connectivity index (χ0n) is 13.2. The largest absolute Gasteiger partial charge is 0.449 e. The summed E-state index contributed by atoms with van der Waals surface area (Å²) in [7, 11) is 0. The van der Waals surface area contributed by atoms with E-state index in [9.17, 15) is 24.1 Å². The molecule has 7 nitrogen and oxygen atoms in total. The van der Waals surface area contributed by atoms with Gasteiger partial charge in [-0.3, -0.25) is 14.9 Å². The van der Waals surface area contributed by atoms with Gasteiger partial charge in [0.05, 0.1) is 20.5 Å². The Labute approximate surface area is 156 Å². The number of esters is 1. The van der Waals surface area contributed by atoms with Crippen LogP contribution in [0.2, 0.25) is 10.0 Å². The van der Waals surface area contributed by atoms with E-state index in [2.05, 4.69) is 5.32 Å². The number of amides is 1. The Kier molecular flexibility index (Phi) is 6.12. The first-order valence-corrected chi connectivity index (χ1v) is 7.86. The maximum absolute atomic E-state index is 13.3. The van der Waals surface area contributed by atoms with Gasteiger partial charge in [-0.25, -0.2) is 4.79 Å². The van der Waals surface area contributed by atoms with E-state index in [1.54, 1.807) is 0 Å². The molecule has 0 aliphatic rings. The average molecular weight is 401 g/mol. The van der Waals surface area contributed by atoms with E-state index in [4.69, 9.17) is 27.9 Å². The van der Waals surface area contributed by atoms with Crippen molar-refractivity contribution < 1.29 is 23.6 Å². The van der Waals surface area contributed by atoms with Gasteiger partial charge in [-0.05, 0) is 31.2 Å². The average Bonchev–Trinajstić information content (AvgIpc) is 2.58. The molecular weight excluding hydrogens is 390 g/mol. The minimum atomic E-state index is -1.25. The summed E-state index contributed by atoms with van der Waals surface area (Å²) in [5.41, 5.74) is -0.832. The molecule has 0 aliphatic heterocycles. The number of hydrogen-bond acceptors (Lipinski definition) is 5. The third-order valence-corrected chi connectivity index (χ3v) is 4.05. The van der Waals surface area contributed by atoms with Crippen molar-refractivity contribution in [3.05, 3.63) is 67.9 Å². The summed E-state index contributed by atoms with van der Waals surface area (Å²) in [5, 5.41) is 13.2. The molecule has 1 amide bonds. The molecule has 10 heteroatoms. The molecule has 0 saturated carbocycles. The third kappa shape index (κ3) is 4.47. The highest BCUT2D eigenvalue weighted by molar-refractivity contribution is 6.43. The molecule has 2 aromatic carbocycles. The summed E-state index contributed by atoms with van der Waals surface area (Å²) in [5.74, 6) is -2.68. The molecule has 0 bridgehead atoms. The van der Waals surface area contributed by atoms with Crippen LogP contribution in [0.4, 0.5) is 15.8 Å². The second kappa shape index (κ2) is 8.11. The molecule has 0 unspecified atom stereocenters. The van der Waals surface area contributed by atoms with Crippen molar-refractivity contribution in [2.24, 2.45) is 0 Å². The maximum atomic E-state index is 13.3. The number of carbonyl (C=O) groups excluding carboxylic acids is 2. The fourth-order valence-electron chi connectivity index (χ4n) is 1.91. The molecule has 2 aromatic rings. The summed E-state index contributed by atoms with van der Waals surface area (Å²) in [6, 6.07) is 7.20. The van der Waals surface area contributed by atoms with Crippen LogP contribution in [0.5, 0.6) is 0 Å². The van der Waals surface area contributed by atoms with Crippen LogP contribution < -0.4 is 5.32 Å². The zero-order valence-corrected chi connectivity index (χ0v) is 14.7. The van der Waals surface area contributed by atoms with Crippen molar-refractivity contribution in [1.29, 1.82) is 0 Å². The second-order valence-electron chi connectivity index (χ2n) is 5.06. The highest BCUT2D eigenvalue weighted by Crippen LogP contribution is 2.26. The van der Waals surface area contributed by atoms with Gasteiger partial charge in [0.2, 0.25) is 5.82 Å². The number of nitro groups is 1. The first-order chi connectivity index (χ1) is 12.2. The van der Waals surface area contributed by atoms with Crippen LogP contribution in [0.15, 0.2) is 36.4 Å². The van der Waals surface area contributed by atoms with Crippen LogP contribution in [0.25, 0.3) is 0 Å². The lowest BCUT2D eigenvalue weighted by Gasteiger charge is -2.14. The molecule has 26 heavy (non-hydrogen) atoms. The summed E-state index contributed by atoms with van der Waals surface area (Å²) in [6.45, 7) is 1.30. The van der Waals surface area contributed by atoms with Crippen molar-refractivity contribution in [2.75, 3.05) is 5.32 Å². The fourth-order valence-corrected chi connectivity index (χ4v) is 2.29. The van der Waals surface area contributed by atoms with E-state index in [1.807, 2.05) is 0 Å². The van der Waals surface area contributed by atoms with Crippen LogP contribution in [0.3, 0.4) is 0 Å². The van der Waals surface area contributed by atoms with Crippen LogP contribution in [0, 0.1) is 15.9 Å². The van der Waals surface area contributed by atoms with E-state index in [1.165, 1.54) is 25.1 Å². The van der Waals surface area contributed by atoms with E-state index < -0.39 is 34.4 Å². The molecule has 0 aromatic heterocycles. The lowest BCUT2D eigenvalue weighted by Crippen LogP contribution is -2.30. The second-order valence-corrected chi connectivity index (χ2v) is 5.85. The molecule has 0 fully saturated rings. The number of ether oxygens (including phenoxy) is 1. The Morgan fingerprint density at radius 1 is 1.27 bits per heavy atom. The van der Waals surface area contributed by atoms with Gasteiger partial charge >= 0.3 is 11.7 Å².